The Kier molecular flexibility index (Phi) is 6.30. The van der Waals surface area contributed by atoms with E-state index in [9.17, 15) is 19.8 Å². The molecule has 2 aliphatic rings. The molecule has 38 heavy (non-hydrogen) atoms. The number of aromatic nitrogens is 1. The number of amides is 1. The molecule has 1 amide bonds. The first kappa shape index (κ1) is 24.9. The van der Waals surface area contributed by atoms with Gasteiger partial charge in [-0.05, 0) is 60.4 Å². The van der Waals surface area contributed by atoms with Crippen LogP contribution in [0.2, 0.25) is 0 Å². The molecule has 9 nitrogen and oxygen atoms in total. The second-order valence-corrected chi connectivity index (χ2v) is 9.40. The quantitative estimate of drug-likeness (QED) is 0.441. The first-order valence-corrected chi connectivity index (χ1v) is 12.1. The van der Waals surface area contributed by atoms with Gasteiger partial charge in [-0.15, -0.1) is 0 Å². The Bertz CT molecular complexity index is 1550. The highest BCUT2D eigenvalue weighted by Crippen LogP contribution is 2.32. The van der Waals surface area contributed by atoms with Crippen molar-refractivity contribution in [1.29, 1.82) is 0 Å². The largest absolute Gasteiger partial charge is 0.479 e. The molecule has 0 bridgehead atoms. The lowest BCUT2D eigenvalue weighted by molar-refractivity contribution is -0.145. The van der Waals surface area contributed by atoms with Gasteiger partial charge in [-0.25, -0.2) is 4.79 Å². The maximum absolute atomic E-state index is 13.6. The van der Waals surface area contributed by atoms with E-state index < -0.39 is 23.5 Å². The third-order valence-corrected chi connectivity index (χ3v) is 6.83. The number of carbonyl (C=O) groups excluding carboxylic acids is 1. The van der Waals surface area contributed by atoms with Crippen LogP contribution < -0.4 is 10.4 Å². The van der Waals surface area contributed by atoms with Gasteiger partial charge >= 0.3 is 11.9 Å². The molecule has 3 aromatic rings. The van der Waals surface area contributed by atoms with Crippen molar-refractivity contribution in [2.24, 2.45) is 17.3 Å². The fourth-order valence-electron chi connectivity index (χ4n) is 4.46. The maximum Gasteiger partial charge on any atom is 0.338 e. The van der Waals surface area contributed by atoms with Crippen LogP contribution in [0.15, 0.2) is 95.4 Å². The number of carbonyl (C=O) groups is 2. The highest BCUT2D eigenvalue weighted by molar-refractivity contribution is 6.74. The van der Waals surface area contributed by atoms with Crippen LogP contribution in [0.1, 0.15) is 22.3 Å². The van der Waals surface area contributed by atoms with Crippen LogP contribution in [0.25, 0.3) is 5.57 Å². The summed E-state index contributed by atoms with van der Waals surface area (Å²) >= 11 is 0. The molecule has 2 unspecified atom stereocenters. The Hall–Kier alpha value is -4.76. The number of hydrogen-bond donors (Lipinski definition) is 3. The van der Waals surface area contributed by atoms with Crippen molar-refractivity contribution in [2.75, 3.05) is 5.01 Å². The van der Waals surface area contributed by atoms with Gasteiger partial charge in [-0.2, -0.15) is 15.2 Å². The molecular weight excluding hydrogens is 482 g/mol. The molecule has 0 saturated carbocycles. The average Bonchev–Trinajstić information content (AvgIpc) is 3.48. The van der Waals surface area contributed by atoms with Gasteiger partial charge in [0.05, 0.1) is 5.69 Å². The number of hydrogen-bond acceptors (Lipinski definition) is 6. The second kappa shape index (κ2) is 9.60. The van der Waals surface area contributed by atoms with Crippen LogP contribution in [0.4, 0.5) is 5.69 Å². The third-order valence-electron chi connectivity index (χ3n) is 6.83. The van der Waals surface area contributed by atoms with E-state index in [-0.39, 0.29) is 11.4 Å². The lowest BCUT2D eigenvalue weighted by atomic mass is 9.81. The van der Waals surface area contributed by atoms with Crippen LogP contribution in [-0.4, -0.2) is 49.7 Å². The predicted molar refractivity (Wildman–Crippen MR) is 146 cm³/mol. The summed E-state index contributed by atoms with van der Waals surface area (Å²) in [5, 5.41) is 31.6. The van der Waals surface area contributed by atoms with Gasteiger partial charge in [-0.1, -0.05) is 48.6 Å². The van der Waals surface area contributed by atoms with E-state index in [0.29, 0.717) is 22.4 Å². The predicted octanol–water partition coefficient (Wildman–Crippen LogP) is 3.18. The van der Waals surface area contributed by atoms with Crippen molar-refractivity contribution in [3.63, 3.8) is 0 Å². The lowest BCUT2D eigenvalue weighted by Crippen LogP contribution is -2.58. The molecular formula is C29H27N5O4. The molecule has 9 heteroatoms. The van der Waals surface area contributed by atoms with Crippen LogP contribution in [0.3, 0.4) is 0 Å². The number of anilines is 1. The number of carboxylic acids is 1. The van der Waals surface area contributed by atoms with Crippen molar-refractivity contribution < 1.29 is 19.8 Å². The van der Waals surface area contributed by atoms with E-state index in [0.717, 1.165) is 11.1 Å². The zero-order valence-corrected chi connectivity index (χ0v) is 21.2. The number of rotatable bonds is 6. The summed E-state index contributed by atoms with van der Waals surface area (Å²) in [6.07, 6.45) is 6.67. The summed E-state index contributed by atoms with van der Waals surface area (Å²) in [6, 6.07) is 16.4. The van der Waals surface area contributed by atoms with E-state index in [4.69, 9.17) is 0 Å². The molecule has 2 atom stereocenters. The first-order valence-electron chi connectivity index (χ1n) is 12.1. The van der Waals surface area contributed by atoms with Crippen LogP contribution in [0, 0.1) is 13.8 Å². The summed E-state index contributed by atoms with van der Waals surface area (Å²) in [5.41, 5.74) is 5.21. The maximum atomic E-state index is 13.6. The van der Waals surface area contributed by atoms with Crippen molar-refractivity contribution in [1.82, 2.24) is 9.99 Å². The Balaban J connectivity index is 1.55. The van der Waals surface area contributed by atoms with E-state index in [1.54, 1.807) is 54.7 Å². The molecule has 1 aromatic heterocycles. The second-order valence-electron chi connectivity index (χ2n) is 9.40. The normalized spacial score (nSPS) is 22.0. The van der Waals surface area contributed by atoms with E-state index in [1.807, 2.05) is 49.9 Å². The topological polar surface area (TPSA) is 120 Å². The van der Waals surface area contributed by atoms with Crippen molar-refractivity contribution in [2.45, 2.75) is 25.5 Å². The minimum atomic E-state index is -2.01. The monoisotopic (exact) mass is 509 g/mol. The van der Waals surface area contributed by atoms with Gasteiger partial charge in [0.1, 0.15) is 11.8 Å². The summed E-state index contributed by atoms with van der Waals surface area (Å²) < 4.78 is 1.81. The Morgan fingerprint density at radius 1 is 1.08 bits per heavy atom. The fraction of sp³-hybridized carbons (Fsp3) is 0.172. The number of aryl methyl sites for hydroxylation is 3. The number of aliphatic hydroxyl groups is 1. The van der Waals surface area contributed by atoms with Gasteiger partial charge in [0.15, 0.2) is 11.3 Å². The highest BCUT2D eigenvalue weighted by atomic mass is 16.4. The Labute approximate surface area is 219 Å². The van der Waals surface area contributed by atoms with Crippen molar-refractivity contribution >= 4 is 34.6 Å². The lowest BCUT2D eigenvalue weighted by Gasteiger charge is -2.34. The minimum absolute atomic E-state index is 0.0635. The SMILES string of the molecule is Cc1ccc(N2N=C(c3ccn(C)c3)C(=NNC3(C(=O)O)C=CC=C(c4ccccc4)C3O)C2=O)cc1C. The van der Waals surface area contributed by atoms with Gasteiger partial charge in [-0.3, -0.25) is 10.2 Å². The zero-order chi connectivity index (χ0) is 27.0. The number of hydrazone groups is 2. The van der Waals surface area contributed by atoms with E-state index >= 15 is 0 Å². The van der Waals surface area contributed by atoms with Crippen LogP contribution in [-0.2, 0) is 16.6 Å². The minimum Gasteiger partial charge on any atom is -0.479 e. The van der Waals surface area contributed by atoms with Crippen molar-refractivity contribution in [3.05, 3.63) is 107 Å². The molecule has 2 heterocycles. The summed E-state index contributed by atoms with van der Waals surface area (Å²) in [7, 11) is 1.84. The molecule has 2 aromatic carbocycles. The Morgan fingerprint density at radius 2 is 1.84 bits per heavy atom. The zero-order valence-electron chi connectivity index (χ0n) is 21.2. The van der Waals surface area contributed by atoms with Crippen LogP contribution >= 0.6 is 0 Å². The van der Waals surface area contributed by atoms with Crippen LogP contribution in [0.5, 0.6) is 0 Å². The number of nitrogens with zero attached hydrogens (tertiary/aromatic N) is 4. The number of allylic oxidation sites excluding steroid dienone is 2. The summed E-state index contributed by atoms with van der Waals surface area (Å²) in [6.45, 7) is 3.93. The molecule has 0 radical (unpaired) electrons. The standard InChI is InChI=1S/C29H27N5O4/c1-18-11-12-22(16-19(18)2)34-27(36)25(24(31-34)21-13-15-33(3)17-21)30-32-29(28(37)38)14-7-10-23(26(29)35)20-8-5-4-6-9-20/h4-17,26,32,35H,1-3H3,(H,37,38). The fourth-order valence-corrected chi connectivity index (χ4v) is 4.46. The third kappa shape index (κ3) is 4.22. The van der Waals surface area contributed by atoms with Crippen molar-refractivity contribution in [3.8, 4) is 0 Å². The number of aliphatic carboxylic acids is 1. The molecule has 0 saturated heterocycles. The molecule has 1 aliphatic carbocycles. The number of carboxylic acid groups (broad SMARTS) is 1. The molecule has 0 fully saturated rings. The number of benzene rings is 2. The first-order chi connectivity index (χ1) is 18.2. The van der Waals surface area contributed by atoms with E-state index in [2.05, 4.69) is 15.6 Å². The summed E-state index contributed by atoms with van der Waals surface area (Å²) in [5.74, 6) is -1.87. The number of aliphatic hydroxyl groups excluding tert-OH is 1. The van der Waals surface area contributed by atoms with Gasteiger partial charge in [0.2, 0.25) is 0 Å². The molecule has 192 valence electrons. The molecule has 5 rings (SSSR count). The van der Waals surface area contributed by atoms with Gasteiger partial charge in [0, 0.05) is 25.0 Å². The average molecular weight is 510 g/mol. The smallest absolute Gasteiger partial charge is 0.338 e. The number of nitrogens with one attached hydrogen (secondary N) is 1. The molecule has 1 aliphatic heterocycles. The van der Waals surface area contributed by atoms with E-state index in [1.165, 1.54) is 11.1 Å². The highest BCUT2D eigenvalue weighted by Gasteiger charge is 2.47. The molecule has 0 spiro atoms. The van der Waals surface area contributed by atoms with Gasteiger partial charge < -0.3 is 14.8 Å². The summed E-state index contributed by atoms with van der Waals surface area (Å²) in [4.78, 5) is 26.2. The molecule has 3 N–H and O–H groups in total. The Morgan fingerprint density at radius 3 is 2.50 bits per heavy atom. The van der Waals surface area contributed by atoms with Gasteiger partial charge in [0.25, 0.3) is 0 Å².